The lowest BCUT2D eigenvalue weighted by molar-refractivity contribution is -0.142. The maximum atomic E-state index is 10.7. The normalized spacial score (nSPS) is 15.2. The highest BCUT2D eigenvalue weighted by atomic mass is 35.5. The van der Waals surface area contributed by atoms with Crippen LogP contribution >= 0.6 is 11.6 Å². The number of hydrogen-bond donors (Lipinski definition) is 1. The zero-order chi connectivity index (χ0) is 12.6. The molecule has 0 unspecified atom stereocenters. The van der Waals surface area contributed by atoms with Crippen molar-refractivity contribution >= 4 is 23.4 Å². The molecule has 1 aromatic heterocycles. The predicted octanol–water partition coefficient (Wildman–Crippen LogP) is 1.44. The number of carbonyl (C=O) groups is 1. The van der Waals surface area contributed by atoms with Crippen molar-refractivity contribution < 1.29 is 9.90 Å². The van der Waals surface area contributed by atoms with E-state index in [0.29, 0.717) is 35.1 Å². The fraction of sp³-hybridized carbons (Fsp3) is 0.364. The van der Waals surface area contributed by atoms with Gasteiger partial charge in [-0.15, -0.1) is 0 Å². The second kappa shape index (κ2) is 4.22. The average molecular weight is 252 g/mol. The van der Waals surface area contributed by atoms with E-state index in [1.807, 2.05) is 0 Å². The highest BCUT2D eigenvalue weighted by molar-refractivity contribution is 6.31. The van der Waals surface area contributed by atoms with Gasteiger partial charge in [0.2, 0.25) is 0 Å². The fourth-order valence-electron chi connectivity index (χ4n) is 1.75. The Balaban J connectivity index is 2.27. The Hall–Kier alpha value is -1.80. The molecule has 2 heterocycles. The molecule has 0 amide bonds. The van der Waals surface area contributed by atoms with Crippen LogP contribution in [0.4, 0.5) is 5.82 Å². The molecule has 0 atom stereocenters. The van der Waals surface area contributed by atoms with Gasteiger partial charge in [0, 0.05) is 19.3 Å². The van der Waals surface area contributed by atoms with Crippen LogP contribution in [0, 0.1) is 24.2 Å². The van der Waals surface area contributed by atoms with Crippen LogP contribution in [0.1, 0.15) is 11.1 Å². The largest absolute Gasteiger partial charge is 0.481 e. The number of hydrogen-bond acceptors (Lipinski definition) is 4. The van der Waals surface area contributed by atoms with E-state index in [1.165, 1.54) is 6.20 Å². The summed E-state index contributed by atoms with van der Waals surface area (Å²) in [6, 6.07) is 2.06. The number of nitrogens with zero attached hydrogens (tertiary/aromatic N) is 3. The molecule has 1 aliphatic rings. The van der Waals surface area contributed by atoms with Crippen LogP contribution in [-0.2, 0) is 4.79 Å². The smallest absolute Gasteiger partial charge is 0.310 e. The summed E-state index contributed by atoms with van der Waals surface area (Å²) in [5.74, 6) is -0.670. The second-order valence-electron chi connectivity index (χ2n) is 3.98. The Morgan fingerprint density at radius 2 is 2.35 bits per heavy atom. The van der Waals surface area contributed by atoms with Crippen LogP contribution in [0.25, 0.3) is 0 Å². The molecule has 0 radical (unpaired) electrons. The van der Waals surface area contributed by atoms with Crippen LogP contribution in [0.3, 0.4) is 0 Å². The van der Waals surface area contributed by atoms with E-state index in [9.17, 15) is 4.79 Å². The molecule has 1 N–H and O–H groups in total. The van der Waals surface area contributed by atoms with Gasteiger partial charge in [0.15, 0.2) is 0 Å². The van der Waals surface area contributed by atoms with Crippen molar-refractivity contribution in [2.45, 2.75) is 6.92 Å². The summed E-state index contributed by atoms with van der Waals surface area (Å²) in [5.41, 5.74) is 1.10. The van der Waals surface area contributed by atoms with Crippen molar-refractivity contribution in [1.29, 1.82) is 5.26 Å². The first-order valence-electron chi connectivity index (χ1n) is 5.07. The van der Waals surface area contributed by atoms with Crippen LogP contribution in [-0.4, -0.2) is 29.1 Å². The lowest BCUT2D eigenvalue weighted by atomic mass is 9.99. The maximum Gasteiger partial charge on any atom is 0.310 e. The number of aromatic nitrogens is 1. The minimum Gasteiger partial charge on any atom is -0.481 e. The van der Waals surface area contributed by atoms with E-state index in [0.717, 1.165) is 0 Å². The Labute approximate surface area is 103 Å². The fourth-order valence-corrected chi connectivity index (χ4v) is 1.89. The molecule has 0 saturated carbocycles. The van der Waals surface area contributed by atoms with Gasteiger partial charge in [-0.1, -0.05) is 11.6 Å². The molecular weight excluding hydrogens is 242 g/mol. The molecule has 1 fully saturated rings. The standard InChI is InChI=1S/C11H10ClN3O2/c1-6-8(2-13)10(14-3-9(6)12)15-4-7(5-15)11(16)17/h3,7H,4-5H2,1H3,(H,16,17). The number of carboxylic acids is 1. The number of halogens is 1. The van der Waals surface area contributed by atoms with Crippen molar-refractivity contribution in [1.82, 2.24) is 4.98 Å². The molecule has 1 aliphatic heterocycles. The average Bonchev–Trinajstić information content (AvgIpc) is 2.21. The third-order valence-corrected chi connectivity index (χ3v) is 3.28. The van der Waals surface area contributed by atoms with Gasteiger partial charge in [-0.25, -0.2) is 4.98 Å². The van der Waals surface area contributed by atoms with Gasteiger partial charge in [0.1, 0.15) is 11.9 Å². The predicted molar refractivity (Wildman–Crippen MR) is 62.0 cm³/mol. The molecule has 2 rings (SSSR count). The number of aliphatic carboxylic acids is 1. The summed E-state index contributed by atoms with van der Waals surface area (Å²) in [5, 5.41) is 18.3. The minimum atomic E-state index is -0.814. The van der Waals surface area contributed by atoms with Crippen molar-refractivity contribution in [2.24, 2.45) is 5.92 Å². The minimum absolute atomic E-state index is 0.376. The Morgan fingerprint density at radius 3 is 2.88 bits per heavy atom. The Kier molecular flexibility index (Phi) is 2.90. The number of nitriles is 1. The van der Waals surface area contributed by atoms with Crippen LogP contribution in [0.5, 0.6) is 0 Å². The van der Waals surface area contributed by atoms with Gasteiger partial charge in [0.25, 0.3) is 0 Å². The van der Waals surface area contributed by atoms with E-state index >= 15 is 0 Å². The van der Waals surface area contributed by atoms with Crippen LogP contribution in [0.15, 0.2) is 6.20 Å². The van der Waals surface area contributed by atoms with E-state index in [2.05, 4.69) is 11.1 Å². The molecule has 0 bridgehead atoms. The SMILES string of the molecule is Cc1c(Cl)cnc(N2CC(C(=O)O)C2)c1C#N. The molecule has 0 aromatic carbocycles. The quantitative estimate of drug-likeness (QED) is 0.861. The highest BCUT2D eigenvalue weighted by Crippen LogP contribution is 2.30. The summed E-state index contributed by atoms with van der Waals surface area (Å²) in [7, 11) is 0. The van der Waals surface area contributed by atoms with Gasteiger partial charge in [-0.3, -0.25) is 4.79 Å². The Morgan fingerprint density at radius 1 is 1.71 bits per heavy atom. The van der Waals surface area contributed by atoms with E-state index < -0.39 is 5.97 Å². The second-order valence-corrected chi connectivity index (χ2v) is 4.39. The van der Waals surface area contributed by atoms with Gasteiger partial charge in [-0.05, 0) is 12.5 Å². The van der Waals surface area contributed by atoms with E-state index in [4.69, 9.17) is 22.0 Å². The first-order chi connectivity index (χ1) is 8.04. The van der Waals surface area contributed by atoms with Crippen molar-refractivity contribution in [3.63, 3.8) is 0 Å². The zero-order valence-electron chi connectivity index (χ0n) is 9.14. The molecule has 88 valence electrons. The van der Waals surface area contributed by atoms with Gasteiger partial charge in [-0.2, -0.15) is 5.26 Å². The Bertz CT molecular complexity index is 518. The maximum absolute atomic E-state index is 10.7. The number of anilines is 1. The summed E-state index contributed by atoms with van der Waals surface area (Å²) in [6.45, 7) is 2.52. The molecule has 0 spiro atoms. The number of rotatable bonds is 2. The molecule has 1 saturated heterocycles. The zero-order valence-corrected chi connectivity index (χ0v) is 9.90. The summed E-state index contributed by atoms with van der Waals surface area (Å²) >= 11 is 5.88. The highest BCUT2D eigenvalue weighted by Gasteiger charge is 2.34. The molecule has 5 nitrogen and oxygen atoms in total. The monoisotopic (exact) mass is 251 g/mol. The molecule has 17 heavy (non-hydrogen) atoms. The number of pyridine rings is 1. The topological polar surface area (TPSA) is 77.2 Å². The first kappa shape index (κ1) is 11.7. The lowest BCUT2D eigenvalue weighted by Crippen LogP contribution is -2.51. The lowest BCUT2D eigenvalue weighted by Gasteiger charge is -2.38. The van der Waals surface area contributed by atoms with Crippen molar-refractivity contribution in [3.05, 3.63) is 22.3 Å². The first-order valence-corrected chi connectivity index (χ1v) is 5.45. The van der Waals surface area contributed by atoms with Crippen LogP contribution < -0.4 is 4.90 Å². The molecule has 1 aromatic rings. The van der Waals surface area contributed by atoms with Crippen molar-refractivity contribution in [3.8, 4) is 6.07 Å². The summed E-state index contributed by atoms with van der Waals surface area (Å²) in [6.07, 6.45) is 1.49. The molecular formula is C11H10ClN3O2. The third kappa shape index (κ3) is 1.92. The summed E-state index contributed by atoms with van der Waals surface area (Å²) < 4.78 is 0. The van der Waals surface area contributed by atoms with Gasteiger partial charge in [0.05, 0.1) is 16.5 Å². The van der Waals surface area contributed by atoms with Gasteiger partial charge < -0.3 is 10.0 Å². The van der Waals surface area contributed by atoms with Crippen molar-refractivity contribution in [2.75, 3.05) is 18.0 Å². The van der Waals surface area contributed by atoms with Gasteiger partial charge >= 0.3 is 5.97 Å². The molecule has 0 aliphatic carbocycles. The summed E-state index contributed by atoms with van der Waals surface area (Å²) in [4.78, 5) is 16.6. The molecule has 6 heteroatoms. The third-order valence-electron chi connectivity index (χ3n) is 2.90. The van der Waals surface area contributed by atoms with E-state index in [1.54, 1.807) is 11.8 Å². The van der Waals surface area contributed by atoms with E-state index in [-0.39, 0.29) is 5.92 Å². The van der Waals surface area contributed by atoms with Crippen LogP contribution in [0.2, 0.25) is 5.02 Å². The number of carboxylic acid groups (broad SMARTS) is 1.